The van der Waals surface area contributed by atoms with Crippen molar-refractivity contribution in [1.29, 1.82) is 0 Å². The molecule has 21 heavy (non-hydrogen) atoms. The summed E-state index contributed by atoms with van der Waals surface area (Å²) in [6.07, 6.45) is 4.34. The lowest BCUT2D eigenvalue weighted by molar-refractivity contribution is -0.383. The summed E-state index contributed by atoms with van der Waals surface area (Å²) in [4.78, 5) is 29.7. The zero-order chi connectivity index (χ0) is 15.2. The third kappa shape index (κ3) is 4.26. The van der Waals surface area contributed by atoms with Crippen molar-refractivity contribution >= 4 is 23.2 Å². The van der Waals surface area contributed by atoms with Crippen molar-refractivity contribution in [2.45, 2.75) is 31.7 Å². The van der Waals surface area contributed by atoms with Crippen molar-refractivity contribution in [1.82, 2.24) is 15.3 Å². The molecule has 0 radical (unpaired) electrons. The maximum Gasteiger partial charge on any atom is 0.353 e. The number of nitrogens with one attached hydrogen (secondary N) is 3. The fourth-order valence-electron chi connectivity index (χ4n) is 1.85. The van der Waals surface area contributed by atoms with E-state index in [0.29, 0.717) is 25.4 Å². The molecule has 1 aliphatic carbocycles. The molecule has 1 aliphatic rings. The van der Waals surface area contributed by atoms with Gasteiger partial charge in [-0.1, -0.05) is 0 Å². The molecule has 0 spiro atoms. The average Bonchev–Trinajstić information content (AvgIpc) is 3.26. The van der Waals surface area contributed by atoms with Crippen molar-refractivity contribution in [2.75, 3.05) is 24.2 Å². The maximum absolute atomic E-state index is 11.5. The molecular weight excluding hydrogens is 276 g/mol. The van der Waals surface area contributed by atoms with Crippen LogP contribution in [-0.2, 0) is 4.79 Å². The highest BCUT2D eigenvalue weighted by Crippen LogP contribution is 2.28. The Hall–Kier alpha value is -2.45. The van der Waals surface area contributed by atoms with E-state index in [-0.39, 0.29) is 23.2 Å². The van der Waals surface area contributed by atoms with Gasteiger partial charge >= 0.3 is 5.69 Å². The average molecular weight is 294 g/mol. The molecule has 9 heteroatoms. The van der Waals surface area contributed by atoms with Gasteiger partial charge in [0.15, 0.2) is 0 Å². The predicted molar refractivity (Wildman–Crippen MR) is 77.1 cm³/mol. The third-order valence-electron chi connectivity index (χ3n) is 3.06. The van der Waals surface area contributed by atoms with Gasteiger partial charge in [-0.05, 0) is 19.3 Å². The second-order valence-electron chi connectivity index (χ2n) is 4.80. The molecule has 0 saturated heterocycles. The predicted octanol–water partition coefficient (Wildman–Crippen LogP) is 0.897. The number of hydrogen-bond donors (Lipinski definition) is 3. The van der Waals surface area contributed by atoms with Gasteiger partial charge in [0.25, 0.3) is 0 Å². The molecule has 1 saturated carbocycles. The number of nitro groups is 1. The Morgan fingerprint density at radius 3 is 2.76 bits per heavy atom. The van der Waals surface area contributed by atoms with Crippen LogP contribution in [0.15, 0.2) is 6.33 Å². The summed E-state index contributed by atoms with van der Waals surface area (Å²) >= 11 is 0. The standard InChI is InChI=1S/C12H18N6O3/c1-13-11-10(18(20)21)12(16-7-15-11)14-6-2-3-9(19)17-8-4-5-8/h7-8H,2-6H2,1H3,(H,17,19)(H2,13,14,15,16). The van der Waals surface area contributed by atoms with Crippen LogP contribution in [0.3, 0.4) is 0 Å². The van der Waals surface area contributed by atoms with Crippen molar-refractivity contribution in [3.8, 4) is 0 Å². The molecule has 1 heterocycles. The van der Waals surface area contributed by atoms with E-state index in [1.54, 1.807) is 7.05 Å². The summed E-state index contributed by atoms with van der Waals surface area (Å²) in [6, 6.07) is 0.353. The molecule has 2 rings (SSSR count). The molecule has 1 amide bonds. The van der Waals surface area contributed by atoms with E-state index in [9.17, 15) is 14.9 Å². The molecule has 0 aliphatic heterocycles. The van der Waals surface area contributed by atoms with Crippen LogP contribution in [0, 0.1) is 10.1 Å². The molecule has 0 aromatic carbocycles. The molecule has 3 N–H and O–H groups in total. The van der Waals surface area contributed by atoms with E-state index >= 15 is 0 Å². The monoisotopic (exact) mass is 294 g/mol. The SMILES string of the molecule is CNc1ncnc(NCCCC(=O)NC2CC2)c1[N+](=O)[O-]. The minimum absolute atomic E-state index is 0.0207. The van der Waals surface area contributed by atoms with E-state index in [1.165, 1.54) is 6.33 Å². The Kier molecular flexibility index (Phi) is 4.85. The minimum atomic E-state index is -0.534. The maximum atomic E-state index is 11.5. The van der Waals surface area contributed by atoms with Crippen LogP contribution < -0.4 is 16.0 Å². The minimum Gasteiger partial charge on any atom is -0.367 e. The van der Waals surface area contributed by atoms with Crippen molar-refractivity contribution < 1.29 is 9.72 Å². The van der Waals surface area contributed by atoms with Crippen LogP contribution in [-0.4, -0.2) is 40.4 Å². The van der Waals surface area contributed by atoms with Gasteiger partial charge in [0.05, 0.1) is 4.92 Å². The van der Waals surface area contributed by atoms with Crippen molar-refractivity contribution in [3.05, 3.63) is 16.4 Å². The Balaban J connectivity index is 1.84. The van der Waals surface area contributed by atoms with Crippen molar-refractivity contribution in [2.24, 2.45) is 0 Å². The van der Waals surface area contributed by atoms with E-state index in [4.69, 9.17) is 0 Å². The van der Waals surface area contributed by atoms with Gasteiger partial charge in [-0.15, -0.1) is 0 Å². The summed E-state index contributed by atoms with van der Waals surface area (Å²) in [5.74, 6) is 0.332. The number of amides is 1. The lowest BCUT2D eigenvalue weighted by Crippen LogP contribution is -2.25. The van der Waals surface area contributed by atoms with Gasteiger partial charge in [-0.25, -0.2) is 9.97 Å². The van der Waals surface area contributed by atoms with Gasteiger partial charge in [0.2, 0.25) is 17.5 Å². The normalized spacial score (nSPS) is 13.6. The Morgan fingerprint density at radius 1 is 1.43 bits per heavy atom. The summed E-state index contributed by atoms with van der Waals surface area (Å²) in [5.41, 5.74) is -0.192. The fourth-order valence-corrected chi connectivity index (χ4v) is 1.85. The van der Waals surface area contributed by atoms with Crippen LogP contribution in [0.4, 0.5) is 17.3 Å². The van der Waals surface area contributed by atoms with Crippen molar-refractivity contribution in [3.63, 3.8) is 0 Å². The first kappa shape index (κ1) is 14.9. The van der Waals surface area contributed by atoms with E-state index in [2.05, 4.69) is 25.9 Å². The number of aromatic nitrogens is 2. The molecule has 1 aromatic heterocycles. The summed E-state index contributed by atoms with van der Waals surface area (Å²) in [6.45, 7) is 0.430. The van der Waals surface area contributed by atoms with Gasteiger partial charge < -0.3 is 16.0 Å². The first-order valence-electron chi connectivity index (χ1n) is 6.82. The molecule has 0 atom stereocenters. The van der Waals surface area contributed by atoms with Crippen LogP contribution in [0.2, 0.25) is 0 Å². The summed E-state index contributed by atoms with van der Waals surface area (Å²) < 4.78 is 0. The Bertz CT molecular complexity index is 532. The van der Waals surface area contributed by atoms with Gasteiger partial charge in [0.1, 0.15) is 6.33 Å². The first-order chi connectivity index (χ1) is 10.1. The Morgan fingerprint density at radius 2 is 2.14 bits per heavy atom. The molecular formula is C12H18N6O3. The smallest absolute Gasteiger partial charge is 0.353 e. The number of carbonyl (C=O) groups excluding carboxylic acids is 1. The lowest BCUT2D eigenvalue weighted by Gasteiger charge is -2.08. The zero-order valence-electron chi connectivity index (χ0n) is 11.8. The largest absolute Gasteiger partial charge is 0.367 e. The second-order valence-corrected chi connectivity index (χ2v) is 4.80. The van der Waals surface area contributed by atoms with Gasteiger partial charge in [-0.2, -0.15) is 0 Å². The number of rotatable bonds is 8. The quantitative estimate of drug-likeness (QED) is 0.370. The topological polar surface area (TPSA) is 122 Å². The molecule has 1 aromatic rings. The molecule has 0 unspecified atom stereocenters. The summed E-state index contributed by atoms with van der Waals surface area (Å²) in [5, 5.41) is 19.5. The highest BCUT2D eigenvalue weighted by atomic mass is 16.6. The van der Waals surface area contributed by atoms with E-state index < -0.39 is 4.92 Å². The Labute approximate surface area is 121 Å². The molecule has 0 bridgehead atoms. The molecule has 9 nitrogen and oxygen atoms in total. The summed E-state index contributed by atoms with van der Waals surface area (Å²) in [7, 11) is 1.56. The van der Waals surface area contributed by atoms with E-state index in [0.717, 1.165) is 12.8 Å². The van der Waals surface area contributed by atoms with Crippen LogP contribution in [0.5, 0.6) is 0 Å². The van der Waals surface area contributed by atoms with Crippen LogP contribution in [0.1, 0.15) is 25.7 Å². The number of carbonyl (C=O) groups is 1. The van der Waals surface area contributed by atoms with E-state index in [1.807, 2.05) is 0 Å². The number of hydrogen-bond acceptors (Lipinski definition) is 7. The molecule has 1 fully saturated rings. The van der Waals surface area contributed by atoms with Gasteiger partial charge in [0, 0.05) is 26.1 Å². The fraction of sp³-hybridized carbons (Fsp3) is 0.583. The van der Waals surface area contributed by atoms with Crippen LogP contribution in [0.25, 0.3) is 0 Å². The number of anilines is 2. The zero-order valence-corrected chi connectivity index (χ0v) is 11.8. The van der Waals surface area contributed by atoms with Crippen LogP contribution >= 0.6 is 0 Å². The lowest BCUT2D eigenvalue weighted by atomic mass is 10.3. The highest BCUT2D eigenvalue weighted by molar-refractivity contribution is 5.76. The van der Waals surface area contributed by atoms with Gasteiger partial charge in [-0.3, -0.25) is 14.9 Å². The number of nitrogens with zero attached hydrogens (tertiary/aromatic N) is 3. The highest BCUT2D eigenvalue weighted by Gasteiger charge is 2.23. The second kappa shape index (κ2) is 6.82. The molecule has 114 valence electrons. The first-order valence-corrected chi connectivity index (χ1v) is 6.82. The third-order valence-corrected chi connectivity index (χ3v) is 3.06.